The van der Waals surface area contributed by atoms with E-state index in [-0.39, 0.29) is 4.90 Å². The Morgan fingerprint density at radius 3 is 2.27 bits per heavy atom. The SMILES string of the molecule is CC[NH+]1CCN(S(=O)(=O)c2cc(OC)c(Br)cc2OC)CC1. The third kappa shape index (κ3) is 3.40. The van der Waals surface area contributed by atoms with E-state index in [0.717, 1.165) is 19.6 Å². The number of methoxy groups -OCH3 is 2. The maximum absolute atomic E-state index is 12.9. The molecule has 124 valence electrons. The van der Waals surface area contributed by atoms with E-state index >= 15 is 0 Å². The van der Waals surface area contributed by atoms with Crippen LogP contribution in [0.2, 0.25) is 0 Å². The van der Waals surface area contributed by atoms with Crippen molar-refractivity contribution in [3.8, 4) is 11.5 Å². The van der Waals surface area contributed by atoms with E-state index in [1.807, 2.05) is 0 Å². The second-order valence-electron chi connectivity index (χ2n) is 5.15. The minimum absolute atomic E-state index is 0.148. The Labute approximate surface area is 140 Å². The van der Waals surface area contributed by atoms with Gasteiger partial charge in [-0.15, -0.1) is 0 Å². The zero-order valence-corrected chi connectivity index (χ0v) is 15.5. The van der Waals surface area contributed by atoms with Crippen LogP contribution in [0.15, 0.2) is 21.5 Å². The first-order valence-corrected chi connectivity index (χ1v) is 9.42. The number of hydrogen-bond donors (Lipinski definition) is 1. The van der Waals surface area contributed by atoms with Gasteiger partial charge in [0.2, 0.25) is 10.0 Å². The Kier molecular flexibility index (Phi) is 5.70. The summed E-state index contributed by atoms with van der Waals surface area (Å²) in [4.78, 5) is 1.57. The van der Waals surface area contributed by atoms with Gasteiger partial charge in [-0.25, -0.2) is 8.42 Å². The van der Waals surface area contributed by atoms with Gasteiger partial charge in [0.1, 0.15) is 16.4 Å². The summed E-state index contributed by atoms with van der Waals surface area (Å²) in [5.74, 6) is 0.787. The largest absolute Gasteiger partial charge is 0.496 e. The average molecular weight is 394 g/mol. The zero-order valence-electron chi connectivity index (χ0n) is 13.1. The Balaban J connectivity index is 2.37. The van der Waals surface area contributed by atoms with Crippen molar-refractivity contribution in [3.63, 3.8) is 0 Å². The van der Waals surface area contributed by atoms with Crippen molar-refractivity contribution in [2.24, 2.45) is 0 Å². The first kappa shape index (κ1) is 17.5. The molecule has 1 fully saturated rings. The predicted octanol–water partition coefficient (Wildman–Crippen LogP) is 0.375. The fourth-order valence-electron chi connectivity index (χ4n) is 2.57. The molecule has 0 saturated carbocycles. The van der Waals surface area contributed by atoms with Gasteiger partial charge in [-0.2, -0.15) is 4.31 Å². The monoisotopic (exact) mass is 393 g/mol. The summed E-state index contributed by atoms with van der Waals surface area (Å²) in [6.45, 7) is 5.82. The van der Waals surface area contributed by atoms with Gasteiger partial charge in [-0.3, -0.25) is 0 Å². The van der Waals surface area contributed by atoms with Gasteiger partial charge in [0.25, 0.3) is 0 Å². The summed E-state index contributed by atoms with van der Waals surface area (Å²) in [6.07, 6.45) is 0. The lowest BCUT2D eigenvalue weighted by molar-refractivity contribution is -0.901. The van der Waals surface area contributed by atoms with Crippen molar-refractivity contribution in [1.29, 1.82) is 0 Å². The van der Waals surface area contributed by atoms with Crippen LogP contribution >= 0.6 is 15.9 Å². The number of sulfonamides is 1. The van der Waals surface area contributed by atoms with E-state index < -0.39 is 10.0 Å². The lowest BCUT2D eigenvalue weighted by Crippen LogP contribution is -3.14. The number of hydrogen-bond acceptors (Lipinski definition) is 4. The summed E-state index contributed by atoms with van der Waals surface area (Å²) in [6, 6.07) is 3.14. The topological polar surface area (TPSA) is 60.3 Å². The molecule has 1 N–H and O–H groups in total. The normalized spacial score (nSPS) is 17.5. The summed E-state index contributed by atoms with van der Waals surface area (Å²) >= 11 is 3.35. The van der Waals surface area contributed by atoms with Gasteiger partial charge in [-0.05, 0) is 28.9 Å². The molecular weight excluding hydrogens is 372 g/mol. The molecule has 0 spiro atoms. The second-order valence-corrected chi connectivity index (χ2v) is 7.91. The van der Waals surface area contributed by atoms with Crippen LogP contribution in [0, 0.1) is 0 Å². The van der Waals surface area contributed by atoms with Crippen LogP contribution in [0.25, 0.3) is 0 Å². The van der Waals surface area contributed by atoms with Crippen molar-refractivity contribution < 1.29 is 22.8 Å². The number of nitrogens with one attached hydrogen (secondary N) is 1. The molecule has 1 aromatic carbocycles. The summed E-state index contributed by atoms with van der Waals surface area (Å²) < 4.78 is 38.5. The Morgan fingerprint density at radius 1 is 1.18 bits per heavy atom. The third-order valence-electron chi connectivity index (χ3n) is 3.99. The van der Waals surface area contributed by atoms with E-state index in [4.69, 9.17) is 9.47 Å². The van der Waals surface area contributed by atoms with E-state index in [1.165, 1.54) is 29.5 Å². The minimum atomic E-state index is -3.59. The quantitative estimate of drug-likeness (QED) is 0.785. The van der Waals surface area contributed by atoms with E-state index in [1.54, 1.807) is 6.07 Å². The van der Waals surface area contributed by atoms with Gasteiger partial charge in [0.05, 0.1) is 51.4 Å². The van der Waals surface area contributed by atoms with Crippen LogP contribution in [0.4, 0.5) is 0 Å². The predicted molar refractivity (Wildman–Crippen MR) is 87.2 cm³/mol. The highest BCUT2D eigenvalue weighted by molar-refractivity contribution is 9.10. The highest BCUT2D eigenvalue weighted by atomic mass is 79.9. The van der Waals surface area contributed by atoms with Crippen molar-refractivity contribution in [2.45, 2.75) is 11.8 Å². The van der Waals surface area contributed by atoms with Crippen molar-refractivity contribution >= 4 is 26.0 Å². The third-order valence-corrected chi connectivity index (χ3v) is 6.52. The van der Waals surface area contributed by atoms with Crippen molar-refractivity contribution in [3.05, 3.63) is 16.6 Å². The summed E-state index contributed by atoms with van der Waals surface area (Å²) in [5.41, 5.74) is 0. The molecule has 0 radical (unpaired) electrons. The molecule has 1 saturated heterocycles. The van der Waals surface area contributed by atoms with Crippen LogP contribution in [-0.2, 0) is 10.0 Å². The molecule has 0 aromatic heterocycles. The van der Waals surface area contributed by atoms with Crippen LogP contribution in [0.5, 0.6) is 11.5 Å². The number of nitrogens with zero attached hydrogens (tertiary/aromatic N) is 1. The molecule has 0 atom stereocenters. The molecule has 0 unspecified atom stereocenters. The lowest BCUT2D eigenvalue weighted by atomic mass is 10.3. The Hall–Kier alpha value is -0.830. The van der Waals surface area contributed by atoms with Crippen LogP contribution in [-0.4, -0.2) is 59.7 Å². The summed E-state index contributed by atoms with van der Waals surface area (Å²) in [7, 11) is -0.621. The van der Waals surface area contributed by atoms with Crippen LogP contribution in [0.1, 0.15) is 6.92 Å². The number of ether oxygens (including phenoxy) is 2. The molecule has 8 heteroatoms. The molecule has 1 aliphatic heterocycles. The lowest BCUT2D eigenvalue weighted by Gasteiger charge is -2.31. The molecular formula is C14H22BrN2O4S+. The van der Waals surface area contributed by atoms with Gasteiger partial charge in [0, 0.05) is 6.07 Å². The highest BCUT2D eigenvalue weighted by Gasteiger charge is 2.32. The fraction of sp³-hybridized carbons (Fsp3) is 0.571. The van der Waals surface area contributed by atoms with Gasteiger partial charge < -0.3 is 14.4 Å². The maximum Gasteiger partial charge on any atom is 0.247 e. The molecule has 2 rings (SSSR count). The van der Waals surface area contributed by atoms with Gasteiger partial charge in [0.15, 0.2) is 0 Å². The molecule has 1 aromatic rings. The summed E-state index contributed by atoms with van der Waals surface area (Å²) in [5, 5.41) is 0. The molecule has 22 heavy (non-hydrogen) atoms. The Bertz CT molecular complexity index is 628. The van der Waals surface area contributed by atoms with Crippen molar-refractivity contribution in [2.75, 3.05) is 46.9 Å². The molecule has 1 aliphatic rings. The van der Waals surface area contributed by atoms with E-state index in [2.05, 4.69) is 22.9 Å². The number of rotatable bonds is 5. The van der Waals surface area contributed by atoms with Crippen molar-refractivity contribution in [1.82, 2.24) is 4.31 Å². The smallest absolute Gasteiger partial charge is 0.247 e. The first-order valence-electron chi connectivity index (χ1n) is 7.19. The van der Waals surface area contributed by atoms with Crippen LogP contribution in [0.3, 0.4) is 0 Å². The number of likely N-dealkylation sites (N-methyl/N-ethyl adjacent to an activating group) is 1. The number of benzene rings is 1. The molecule has 0 amide bonds. The zero-order chi connectivity index (χ0) is 16.3. The van der Waals surface area contributed by atoms with Crippen LogP contribution < -0.4 is 14.4 Å². The number of quaternary nitrogens is 1. The number of halogens is 1. The molecule has 0 bridgehead atoms. The van der Waals surface area contributed by atoms with Gasteiger partial charge >= 0.3 is 0 Å². The minimum Gasteiger partial charge on any atom is -0.496 e. The number of piperazine rings is 1. The second kappa shape index (κ2) is 7.16. The molecule has 0 aliphatic carbocycles. The highest BCUT2D eigenvalue weighted by Crippen LogP contribution is 2.36. The van der Waals surface area contributed by atoms with E-state index in [9.17, 15) is 8.42 Å². The average Bonchev–Trinajstić information content (AvgIpc) is 2.54. The van der Waals surface area contributed by atoms with Gasteiger partial charge in [-0.1, -0.05) is 0 Å². The van der Waals surface area contributed by atoms with E-state index in [0.29, 0.717) is 29.1 Å². The fourth-order valence-corrected chi connectivity index (χ4v) is 4.65. The standard InChI is InChI=1S/C14H21BrN2O4S/c1-4-16-5-7-17(8-6-16)22(18,19)14-10-12(20-2)11(15)9-13(14)21-3/h9-10H,4-8H2,1-3H3/p+1. The molecule has 6 nitrogen and oxygen atoms in total. The molecule has 1 heterocycles. The maximum atomic E-state index is 12.9. The first-order chi connectivity index (χ1) is 10.4. The Morgan fingerprint density at radius 2 is 1.77 bits per heavy atom.